The minimum atomic E-state index is -0.168. The Balaban J connectivity index is 1.59. The summed E-state index contributed by atoms with van der Waals surface area (Å²) in [6, 6.07) is 1.50. The molecule has 7 heteroatoms. The first-order valence-electron chi connectivity index (χ1n) is 8.35. The Bertz CT molecular complexity index is 754. The number of pyridine rings is 1. The zero-order chi connectivity index (χ0) is 18.0. The van der Waals surface area contributed by atoms with Crippen molar-refractivity contribution in [3.8, 4) is 0 Å². The van der Waals surface area contributed by atoms with Crippen LogP contribution in [0.15, 0.2) is 35.6 Å². The zero-order valence-electron chi connectivity index (χ0n) is 14.2. The lowest BCUT2D eigenvalue weighted by Gasteiger charge is -2.22. The summed E-state index contributed by atoms with van der Waals surface area (Å²) in [5.41, 5.74) is 8.67. The van der Waals surface area contributed by atoms with E-state index in [1.807, 2.05) is 11.0 Å². The van der Waals surface area contributed by atoms with Gasteiger partial charge in [-0.2, -0.15) is 0 Å². The second kappa shape index (κ2) is 7.27. The standard InChI is InChI=1S/C18H21ClN4O2/c1-2-3-4-5-17(24)22-8-12-10-23(11-13(12)9-22)18(25)16-6-15(20)14(19)7-21-16/h4-7H,2-3,8-11H2,1H3,(H2,20,21)/b5-4+. The summed E-state index contributed by atoms with van der Waals surface area (Å²) in [7, 11) is 0. The molecule has 0 bridgehead atoms. The van der Waals surface area contributed by atoms with Crippen LogP contribution in [0, 0.1) is 0 Å². The number of hydrogen-bond donors (Lipinski definition) is 1. The number of hydrogen-bond acceptors (Lipinski definition) is 4. The van der Waals surface area contributed by atoms with Gasteiger partial charge in [-0.15, -0.1) is 0 Å². The monoisotopic (exact) mass is 360 g/mol. The van der Waals surface area contributed by atoms with Crippen LogP contribution < -0.4 is 5.73 Å². The molecule has 0 saturated carbocycles. The van der Waals surface area contributed by atoms with Gasteiger partial charge in [-0.3, -0.25) is 9.59 Å². The van der Waals surface area contributed by atoms with Crippen molar-refractivity contribution in [2.75, 3.05) is 31.9 Å². The van der Waals surface area contributed by atoms with Crippen LogP contribution in [0.3, 0.4) is 0 Å². The number of carbonyl (C=O) groups is 2. The van der Waals surface area contributed by atoms with Crippen LogP contribution in [-0.2, 0) is 4.79 Å². The summed E-state index contributed by atoms with van der Waals surface area (Å²) in [4.78, 5) is 32.3. The van der Waals surface area contributed by atoms with Gasteiger partial charge in [-0.25, -0.2) is 4.98 Å². The maximum absolute atomic E-state index is 12.6. The first-order valence-corrected chi connectivity index (χ1v) is 8.73. The summed E-state index contributed by atoms with van der Waals surface area (Å²) >= 11 is 5.85. The third-order valence-corrected chi connectivity index (χ3v) is 4.76. The molecule has 0 unspecified atom stereocenters. The number of allylic oxidation sites excluding steroid dienone is 1. The number of anilines is 1. The Morgan fingerprint density at radius 3 is 2.48 bits per heavy atom. The van der Waals surface area contributed by atoms with E-state index < -0.39 is 0 Å². The number of nitrogen functional groups attached to an aromatic ring is 1. The van der Waals surface area contributed by atoms with Crippen LogP contribution in [0.1, 0.15) is 30.3 Å². The Morgan fingerprint density at radius 1 is 1.24 bits per heavy atom. The van der Waals surface area contributed by atoms with E-state index in [2.05, 4.69) is 11.9 Å². The number of aromatic nitrogens is 1. The fraction of sp³-hybridized carbons (Fsp3) is 0.389. The van der Waals surface area contributed by atoms with E-state index in [4.69, 9.17) is 17.3 Å². The van der Waals surface area contributed by atoms with Crippen LogP contribution in [0.25, 0.3) is 0 Å². The molecule has 0 aromatic carbocycles. The Kier molecular flexibility index (Phi) is 5.08. The highest BCUT2D eigenvalue weighted by Crippen LogP contribution is 2.27. The van der Waals surface area contributed by atoms with Gasteiger partial charge in [0, 0.05) is 32.4 Å². The van der Waals surface area contributed by atoms with Crippen molar-refractivity contribution >= 4 is 29.1 Å². The summed E-state index contributed by atoms with van der Waals surface area (Å²) in [6.45, 7) is 4.31. The molecule has 0 atom stereocenters. The number of nitrogens with two attached hydrogens (primary N) is 1. The van der Waals surface area contributed by atoms with E-state index in [9.17, 15) is 9.59 Å². The van der Waals surface area contributed by atoms with Gasteiger partial charge >= 0.3 is 0 Å². The van der Waals surface area contributed by atoms with Crippen LogP contribution in [0.2, 0.25) is 5.02 Å². The number of nitrogens with zero attached hydrogens (tertiary/aromatic N) is 3. The highest BCUT2D eigenvalue weighted by Gasteiger charge is 2.34. The highest BCUT2D eigenvalue weighted by molar-refractivity contribution is 6.33. The quantitative estimate of drug-likeness (QED) is 0.659. The molecule has 1 aromatic heterocycles. The van der Waals surface area contributed by atoms with Crippen LogP contribution in [0.5, 0.6) is 0 Å². The maximum Gasteiger partial charge on any atom is 0.273 e. The smallest absolute Gasteiger partial charge is 0.273 e. The van der Waals surface area contributed by atoms with E-state index in [1.54, 1.807) is 11.0 Å². The van der Waals surface area contributed by atoms with Crippen molar-refractivity contribution in [1.82, 2.24) is 14.8 Å². The topological polar surface area (TPSA) is 79.5 Å². The van der Waals surface area contributed by atoms with Crippen molar-refractivity contribution in [1.29, 1.82) is 0 Å². The number of amides is 2. The molecule has 0 saturated heterocycles. The lowest BCUT2D eigenvalue weighted by molar-refractivity contribution is -0.124. The molecule has 0 aliphatic carbocycles. The largest absolute Gasteiger partial charge is 0.397 e. The number of unbranched alkanes of at least 4 members (excludes halogenated alkanes) is 1. The van der Waals surface area contributed by atoms with Gasteiger partial charge in [0.1, 0.15) is 5.69 Å². The molecule has 6 nitrogen and oxygen atoms in total. The average molecular weight is 361 g/mol. The van der Waals surface area contributed by atoms with E-state index in [1.165, 1.54) is 12.3 Å². The molecule has 2 aliphatic rings. The van der Waals surface area contributed by atoms with Gasteiger partial charge in [0.15, 0.2) is 0 Å². The SMILES string of the molecule is CCC/C=C/C(=O)N1CC2=C(C1)CN(C(=O)c1cc(N)c(Cl)cn1)C2. The molecular formula is C18H21ClN4O2. The molecule has 132 valence electrons. The molecular weight excluding hydrogens is 340 g/mol. The minimum absolute atomic E-state index is 0.0351. The van der Waals surface area contributed by atoms with Gasteiger partial charge in [-0.1, -0.05) is 31.0 Å². The fourth-order valence-electron chi connectivity index (χ4n) is 3.07. The molecule has 2 N–H and O–H groups in total. The normalized spacial score (nSPS) is 16.9. The predicted molar refractivity (Wildman–Crippen MR) is 97.2 cm³/mol. The fourth-order valence-corrected chi connectivity index (χ4v) is 3.17. The van der Waals surface area contributed by atoms with Crippen molar-refractivity contribution in [3.05, 3.63) is 46.3 Å². The molecule has 2 amide bonds. The van der Waals surface area contributed by atoms with Gasteiger partial charge in [-0.05, 0) is 29.7 Å². The summed E-state index contributed by atoms with van der Waals surface area (Å²) in [5.74, 6) is -0.133. The third kappa shape index (κ3) is 3.69. The van der Waals surface area contributed by atoms with Crippen molar-refractivity contribution in [3.63, 3.8) is 0 Å². The van der Waals surface area contributed by atoms with Crippen molar-refractivity contribution < 1.29 is 9.59 Å². The summed E-state index contributed by atoms with van der Waals surface area (Å²) in [6.07, 6.45) is 6.89. The molecule has 3 heterocycles. The predicted octanol–water partition coefficient (Wildman–Crippen LogP) is 2.27. The van der Waals surface area contributed by atoms with Crippen molar-refractivity contribution in [2.24, 2.45) is 0 Å². The summed E-state index contributed by atoms with van der Waals surface area (Å²) in [5, 5.41) is 0.337. The van der Waals surface area contributed by atoms with Crippen LogP contribution >= 0.6 is 11.6 Å². The summed E-state index contributed by atoms with van der Waals surface area (Å²) < 4.78 is 0. The molecule has 2 aliphatic heterocycles. The lowest BCUT2D eigenvalue weighted by Crippen LogP contribution is -2.36. The van der Waals surface area contributed by atoms with Gasteiger partial charge in [0.05, 0.1) is 10.7 Å². The highest BCUT2D eigenvalue weighted by atomic mass is 35.5. The molecule has 1 aromatic rings. The molecule has 0 spiro atoms. The van der Waals surface area contributed by atoms with E-state index in [-0.39, 0.29) is 11.8 Å². The van der Waals surface area contributed by atoms with Gasteiger partial charge in [0.2, 0.25) is 5.91 Å². The van der Waals surface area contributed by atoms with E-state index >= 15 is 0 Å². The molecule has 3 rings (SSSR count). The maximum atomic E-state index is 12.6. The van der Waals surface area contributed by atoms with Gasteiger partial charge < -0.3 is 15.5 Å². The van der Waals surface area contributed by atoms with Crippen LogP contribution in [-0.4, -0.2) is 52.8 Å². The third-order valence-electron chi connectivity index (χ3n) is 4.45. The average Bonchev–Trinajstić information content (AvgIpc) is 3.16. The van der Waals surface area contributed by atoms with E-state index in [0.29, 0.717) is 42.6 Å². The van der Waals surface area contributed by atoms with Gasteiger partial charge in [0.25, 0.3) is 5.91 Å². The second-order valence-electron chi connectivity index (χ2n) is 6.34. The molecule has 25 heavy (non-hydrogen) atoms. The number of carbonyl (C=O) groups excluding carboxylic acids is 2. The van der Waals surface area contributed by atoms with Crippen LogP contribution in [0.4, 0.5) is 5.69 Å². The molecule has 0 radical (unpaired) electrons. The molecule has 0 fully saturated rings. The minimum Gasteiger partial charge on any atom is -0.397 e. The second-order valence-corrected chi connectivity index (χ2v) is 6.75. The first kappa shape index (κ1) is 17.5. The first-order chi connectivity index (χ1) is 12.0. The van der Waals surface area contributed by atoms with Crippen molar-refractivity contribution in [2.45, 2.75) is 19.8 Å². The number of rotatable bonds is 4. The Morgan fingerprint density at radius 2 is 1.88 bits per heavy atom. The number of halogens is 1. The Hall–Kier alpha value is -2.34. The lowest BCUT2D eigenvalue weighted by atomic mass is 10.2. The van der Waals surface area contributed by atoms with E-state index in [0.717, 1.165) is 24.0 Å². The zero-order valence-corrected chi connectivity index (χ0v) is 14.9. The Labute approximate surface area is 151 Å².